The third kappa shape index (κ3) is 4.27. The molecule has 1 aromatic rings. The molecule has 1 amide bonds. The molecule has 3 N–H and O–H groups in total. The van der Waals surface area contributed by atoms with Crippen LogP contribution in [0.3, 0.4) is 0 Å². The van der Waals surface area contributed by atoms with Crippen LogP contribution in [-0.2, 0) is 14.8 Å². The molecule has 0 saturated heterocycles. The van der Waals surface area contributed by atoms with Gasteiger partial charge >= 0.3 is 5.97 Å². The quantitative estimate of drug-likeness (QED) is 0.679. The molecule has 106 valence electrons. The summed E-state index contributed by atoms with van der Waals surface area (Å²) >= 11 is 3.79. The number of hydrogen-bond donors (Lipinski definition) is 3. The van der Waals surface area contributed by atoms with Gasteiger partial charge in [-0.2, -0.15) is 0 Å². The lowest BCUT2D eigenvalue weighted by Crippen LogP contribution is -2.36. The van der Waals surface area contributed by atoms with Crippen LogP contribution < -0.4 is 10.0 Å². The molecule has 0 aromatic carbocycles. The second kappa shape index (κ2) is 6.46. The smallest absolute Gasteiger partial charge is 0.345 e. The van der Waals surface area contributed by atoms with E-state index in [-0.39, 0.29) is 13.6 Å². The van der Waals surface area contributed by atoms with Crippen LogP contribution in [0.2, 0.25) is 0 Å². The number of rotatable bonds is 6. The number of likely N-dealkylation sites (N-methyl/N-ethyl adjacent to an activating group) is 1. The van der Waals surface area contributed by atoms with Crippen molar-refractivity contribution >= 4 is 49.2 Å². The third-order valence-electron chi connectivity index (χ3n) is 1.95. The van der Waals surface area contributed by atoms with Crippen LogP contribution in [0.15, 0.2) is 14.7 Å². The van der Waals surface area contributed by atoms with Crippen molar-refractivity contribution < 1.29 is 23.1 Å². The van der Waals surface area contributed by atoms with E-state index in [1.165, 1.54) is 0 Å². The first-order valence-corrected chi connectivity index (χ1v) is 8.16. The number of sulfonamides is 1. The Morgan fingerprint density at radius 1 is 1.47 bits per heavy atom. The van der Waals surface area contributed by atoms with Gasteiger partial charge < -0.3 is 10.4 Å². The van der Waals surface area contributed by atoms with Crippen molar-refractivity contribution in [3.05, 3.63) is 14.7 Å². The lowest BCUT2D eigenvalue weighted by atomic mass is 10.5. The van der Waals surface area contributed by atoms with E-state index in [4.69, 9.17) is 5.11 Å². The van der Waals surface area contributed by atoms with Crippen molar-refractivity contribution in [1.29, 1.82) is 0 Å². The minimum Gasteiger partial charge on any atom is -0.477 e. The maximum absolute atomic E-state index is 11.9. The van der Waals surface area contributed by atoms with Gasteiger partial charge in [0.05, 0.1) is 10.3 Å². The number of carbonyl (C=O) groups excluding carboxylic acids is 1. The van der Waals surface area contributed by atoms with E-state index >= 15 is 0 Å². The molecule has 1 aromatic heterocycles. The van der Waals surface area contributed by atoms with Crippen LogP contribution in [0.4, 0.5) is 0 Å². The number of halogens is 1. The Morgan fingerprint density at radius 3 is 2.58 bits per heavy atom. The lowest BCUT2D eigenvalue weighted by Gasteiger charge is -2.05. The van der Waals surface area contributed by atoms with Crippen LogP contribution in [0.5, 0.6) is 0 Å². The summed E-state index contributed by atoms with van der Waals surface area (Å²) in [5, 5.41) is 11.2. The van der Waals surface area contributed by atoms with Crippen molar-refractivity contribution in [3.63, 3.8) is 0 Å². The molecule has 0 aliphatic carbocycles. The minimum absolute atomic E-state index is 0.106. The molecular weight excluding hydrogens is 360 g/mol. The fraction of sp³-hybridized carbons (Fsp3) is 0.333. The number of amides is 1. The summed E-state index contributed by atoms with van der Waals surface area (Å²) in [5.41, 5.74) is 0. The van der Waals surface area contributed by atoms with Crippen molar-refractivity contribution in [2.75, 3.05) is 13.1 Å². The monoisotopic (exact) mass is 370 g/mol. The van der Waals surface area contributed by atoms with Gasteiger partial charge in [-0.3, -0.25) is 4.79 Å². The zero-order valence-corrected chi connectivity index (χ0v) is 13.0. The highest BCUT2D eigenvalue weighted by Crippen LogP contribution is 2.31. The maximum Gasteiger partial charge on any atom is 0.345 e. The predicted molar refractivity (Wildman–Crippen MR) is 72.9 cm³/mol. The van der Waals surface area contributed by atoms with Gasteiger partial charge in [-0.25, -0.2) is 17.9 Å². The lowest BCUT2D eigenvalue weighted by molar-refractivity contribution is -0.119. The van der Waals surface area contributed by atoms with Crippen molar-refractivity contribution in [3.8, 4) is 0 Å². The van der Waals surface area contributed by atoms with E-state index in [1.807, 2.05) is 0 Å². The zero-order chi connectivity index (χ0) is 14.6. The van der Waals surface area contributed by atoms with Crippen LogP contribution in [0.1, 0.15) is 16.6 Å². The number of hydrogen-bond acceptors (Lipinski definition) is 5. The van der Waals surface area contributed by atoms with Gasteiger partial charge in [-0.1, -0.05) is 0 Å². The average molecular weight is 371 g/mol. The summed E-state index contributed by atoms with van der Waals surface area (Å²) in [4.78, 5) is 21.6. The summed E-state index contributed by atoms with van der Waals surface area (Å²) in [6.45, 7) is 1.70. The number of carboxylic acid groups (broad SMARTS) is 1. The van der Waals surface area contributed by atoms with Crippen LogP contribution >= 0.6 is 27.3 Å². The van der Waals surface area contributed by atoms with Crippen LogP contribution in [-0.4, -0.2) is 38.5 Å². The standard InChI is InChI=1S/C9H11BrN2O5S2/c1-2-11-7(13)4-12-19(16,17)6-3-5(9(14)15)18-8(6)10/h3,12H,2,4H2,1H3,(H,11,13)(H,14,15). The highest BCUT2D eigenvalue weighted by molar-refractivity contribution is 9.11. The third-order valence-corrected chi connectivity index (χ3v) is 5.59. The van der Waals surface area contributed by atoms with Gasteiger partial charge in [-0.15, -0.1) is 11.3 Å². The Kier molecular flexibility index (Phi) is 5.47. The molecule has 0 unspecified atom stereocenters. The molecule has 7 nitrogen and oxygen atoms in total. The first kappa shape index (κ1) is 16.1. The fourth-order valence-corrected chi connectivity index (χ4v) is 4.52. The van der Waals surface area contributed by atoms with E-state index in [0.29, 0.717) is 6.54 Å². The van der Waals surface area contributed by atoms with Gasteiger partial charge in [0.25, 0.3) is 0 Å². The Bertz CT molecular complexity index is 596. The van der Waals surface area contributed by atoms with Gasteiger partial charge in [0.15, 0.2) is 0 Å². The molecule has 0 fully saturated rings. The number of aromatic carboxylic acids is 1. The summed E-state index contributed by atoms with van der Waals surface area (Å²) in [5.74, 6) is -1.67. The second-order valence-electron chi connectivity index (χ2n) is 3.33. The van der Waals surface area contributed by atoms with Crippen LogP contribution in [0, 0.1) is 0 Å². The van der Waals surface area contributed by atoms with Gasteiger partial charge in [0, 0.05) is 6.54 Å². The van der Waals surface area contributed by atoms with E-state index in [9.17, 15) is 18.0 Å². The Morgan fingerprint density at radius 2 is 2.11 bits per heavy atom. The van der Waals surface area contributed by atoms with E-state index in [1.54, 1.807) is 6.92 Å². The molecule has 0 aliphatic rings. The Balaban J connectivity index is 2.89. The van der Waals surface area contributed by atoms with E-state index in [0.717, 1.165) is 17.4 Å². The Labute approximate surface area is 122 Å². The summed E-state index contributed by atoms with van der Waals surface area (Å²) in [6.07, 6.45) is 0. The Hall–Kier alpha value is -0.970. The van der Waals surface area contributed by atoms with Crippen molar-refractivity contribution in [1.82, 2.24) is 10.0 Å². The number of nitrogens with one attached hydrogen (secondary N) is 2. The molecule has 1 rings (SSSR count). The topological polar surface area (TPSA) is 113 Å². The SMILES string of the molecule is CCNC(=O)CNS(=O)(=O)c1cc(C(=O)O)sc1Br. The number of thiophene rings is 1. The first-order chi connectivity index (χ1) is 8.77. The molecule has 0 atom stereocenters. The van der Waals surface area contributed by atoms with Crippen LogP contribution in [0.25, 0.3) is 0 Å². The number of carbonyl (C=O) groups is 2. The van der Waals surface area contributed by atoms with Crippen molar-refractivity contribution in [2.24, 2.45) is 0 Å². The van der Waals surface area contributed by atoms with E-state index < -0.39 is 28.4 Å². The highest BCUT2D eigenvalue weighted by atomic mass is 79.9. The molecule has 10 heteroatoms. The average Bonchev–Trinajstić information content (AvgIpc) is 2.70. The number of carboxylic acids is 1. The van der Waals surface area contributed by atoms with Crippen molar-refractivity contribution in [2.45, 2.75) is 11.8 Å². The minimum atomic E-state index is -3.93. The predicted octanol–water partition coefficient (Wildman–Crippen LogP) is 0.623. The largest absolute Gasteiger partial charge is 0.477 e. The highest BCUT2D eigenvalue weighted by Gasteiger charge is 2.23. The molecule has 0 aliphatic heterocycles. The van der Waals surface area contributed by atoms with E-state index in [2.05, 4.69) is 26.0 Å². The molecule has 0 saturated carbocycles. The molecule has 0 bridgehead atoms. The molecule has 1 heterocycles. The second-order valence-corrected chi connectivity index (χ2v) is 7.44. The summed E-state index contributed by atoms with van der Waals surface area (Å²) in [6, 6.07) is 1.04. The molecule has 19 heavy (non-hydrogen) atoms. The first-order valence-electron chi connectivity index (χ1n) is 5.07. The molecule has 0 spiro atoms. The van der Waals surface area contributed by atoms with Gasteiger partial charge in [-0.05, 0) is 28.9 Å². The van der Waals surface area contributed by atoms with Gasteiger partial charge in [0.2, 0.25) is 15.9 Å². The maximum atomic E-state index is 11.9. The fourth-order valence-electron chi connectivity index (χ4n) is 1.14. The van der Waals surface area contributed by atoms with Gasteiger partial charge in [0.1, 0.15) is 9.77 Å². The molecule has 0 radical (unpaired) electrons. The zero-order valence-electron chi connectivity index (χ0n) is 9.77. The summed E-state index contributed by atoms with van der Waals surface area (Å²) < 4.78 is 26.1. The summed E-state index contributed by atoms with van der Waals surface area (Å²) in [7, 11) is -3.93. The normalized spacial score (nSPS) is 11.3. The molecular formula is C9H11BrN2O5S2.